The van der Waals surface area contributed by atoms with Crippen LogP contribution in [0.5, 0.6) is 5.75 Å². The van der Waals surface area contributed by atoms with Crippen LogP contribution >= 0.6 is 0 Å². The molecule has 0 aromatic heterocycles. The molecule has 5 heteroatoms. The van der Waals surface area contributed by atoms with Crippen LogP contribution in [-0.2, 0) is 0 Å². The molecule has 0 aliphatic heterocycles. The smallest absolute Gasteiger partial charge is 0.387 e. The Hall–Kier alpha value is -1.26. The van der Waals surface area contributed by atoms with Gasteiger partial charge in [-0.25, -0.2) is 8.78 Å². The van der Waals surface area contributed by atoms with Crippen molar-refractivity contribution >= 4 is 0 Å². The molecule has 4 atom stereocenters. The fourth-order valence-electron chi connectivity index (χ4n) is 7.53. The van der Waals surface area contributed by atoms with Gasteiger partial charge in [-0.15, -0.1) is 0 Å². The minimum Gasteiger partial charge on any atom is -0.429 e. The zero-order valence-electron chi connectivity index (χ0n) is 21.4. The lowest BCUT2D eigenvalue weighted by Crippen LogP contribution is -2.30. The van der Waals surface area contributed by atoms with Crippen molar-refractivity contribution in [2.45, 2.75) is 122 Å². The van der Waals surface area contributed by atoms with E-state index in [1.807, 2.05) is 0 Å². The van der Waals surface area contributed by atoms with E-state index in [0.29, 0.717) is 11.5 Å². The quantitative estimate of drug-likeness (QED) is 0.231. The van der Waals surface area contributed by atoms with Gasteiger partial charge in [-0.2, -0.15) is 8.78 Å². The number of rotatable bonds is 10. The van der Waals surface area contributed by atoms with Crippen molar-refractivity contribution in [1.29, 1.82) is 0 Å². The summed E-state index contributed by atoms with van der Waals surface area (Å²) in [6.07, 6.45) is 20.9. The van der Waals surface area contributed by atoms with Gasteiger partial charge in [0.1, 0.15) is 0 Å². The predicted octanol–water partition coefficient (Wildman–Crippen LogP) is 10.0. The van der Waals surface area contributed by atoms with Gasteiger partial charge < -0.3 is 4.74 Å². The molecule has 35 heavy (non-hydrogen) atoms. The zero-order chi connectivity index (χ0) is 24.8. The SMILES string of the molecule is CCCCCC1CCC(CCC2CCC3CC(c4cc(F)c(OC(F)F)c(F)c4)CCC3C2)CC1. The van der Waals surface area contributed by atoms with Gasteiger partial charge in [-0.1, -0.05) is 77.6 Å². The van der Waals surface area contributed by atoms with E-state index < -0.39 is 24.0 Å². The molecular formula is C30H44F4O. The molecule has 0 saturated heterocycles. The Morgan fingerprint density at radius 1 is 0.743 bits per heavy atom. The minimum absolute atomic E-state index is 0.102. The van der Waals surface area contributed by atoms with Crippen LogP contribution in [0.15, 0.2) is 12.1 Å². The third-order valence-corrected chi connectivity index (χ3v) is 9.59. The van der Waals surface area contributed by atoms with Gasteiger partial charge in [-0.3, -0.25) is 0 Å². The maximum Gasteiger partial charge on any atom is 0.387 e. The second-order valence-electron chi connectivity index (χ2n) is 11.9. The molecular weight excluding hydrogens is 452 g/mol. The van der Waals surface area contributed by atoms with Crippen LogP contribution in [0.25, 0.3) is 0 Å². The summed E-state index contributed by atoms with van der Waals surface area (Å²) in [4.78, 5) is 0. The molecule has 0 bridgehead atoms. The number of hydrogen-bond donors (Lipinski definition) is 0. The lowest BCUT2D eigenvalue weighted by molar-refractivity contribution is -0.0546. The van der Waals surface area contributed by atoms with Gasteiger partial charge in [0.25, 0.3) is 0 Å². The summed E-state index contributed by atoms with van der Waals surface area (Å²) in [6.45, 7) is -0.950. The van der Waals surface area contributed by atoms with Crippen LogP contribution in [0, 0.1) is 41.2 Å². The molecule has 4 unspecified atom stereocenters. The van der Waals surface area contributed by atoms with Crippen LogP contribution in [0.4, 0.5) is 17.6 Å². The van der Waals surface area contributed by atoms with Gasteiger partial charge in [0.2, 0.25) is 0 Å². The number of hydrogen-bond acceptors (Lipinski definition) is 1. The summed E-state index contributed by atoms with van der Waals surface area (Å²) in [7, 11) is 0. The van der Waals surface area contributed by atoms with E-state index in [-0.39, 0.29) is 5.92 Å². The van der Waals surface area contributed by atoms with Crippen LogP contribution in [0.2, 0.25) is 0 Å². The summed E-state index contributed by atoms with van der Waals surface area (Å²) in [5.74, 6) is 1.19. The first-order chi connectivity index (χ1) is 16.9. The molecule has 3 aliphatic carbocycles. The fourth-order valence-corrected chi connectivity index (χ4v) is 7.53. The molecule has 3 fully saturated rings. The molecule has 1 nitrogen and oxygen atoms in total. The lowest BCUT2D eigenvalue weighted by atomic mass is 9.63. The average molecular weight is 497 g/mol. The van der Waals surface area contributed by atoms with Crippen molar-refractivity contribution in [2.75, 3.05) is 0 Å². The van der Waals surface area contributed by atoms with Crippen molar-refractivity contribution < 1.29 is 22.3 Å². The van der Waals surface area contributed by atoms with E-state index in [2.05, 4.69) is 11.7 Å². The summed E-state index contributed by atoms with van der Waals surface area (Å²) in [5, 5.41) is 0. The molecule has 1 aromatic carbocycles. The Kier molecular flexibility index (Phi) is 9.81. The number of alkyl halides is 2. The van der Waals surface area contributed by atoms with Crippen LogP contribution < -0.4 is 4.74 Å². The van der Waals surface area contributed by atoms with E-state index in [1.54, 1.807) is 0 Å². The Balaban J connectivity index is 1.20. The first kappa shape index (κ1) is 26.8. The highest BCUT2D eigenvalue weighted by molar-refractivity contribution is 5.33. The van der Waals surface area contributed by atoms with Gasteiger partial charge in [0.15, 0.2) is 17.4 Å². The molecule has 0 radical (unpaired) electrons. The fraction of sp³-hybridized carbons (Fsp3) is 0.800. The molecule has 1 aromatic rings. The molecule has 4 rings (SSSR count). The summed E-state index contributed by atoms with van der Waals surface area (Å²) >= 11 is 0. The van der Waals surface area contributed by atoms with Crippen molar-refractivity contribution in [3.63, 3.8) is 0 Å². The maximum absolute atomic E-state index is 14.2. The Morgan fingerprint density at radius 3 is 1.97 bits per heavy atom. The highest BCUT2D eigenvalue weighted by atomic mass is 19.3. The largest absolute Gasteiger partial charge is 0.429 e. The summed E-state index contributed by atoms with van der Waals surface area (Å²) in [5.41, 5.74) is 0.590. The topological polar surface area (TPSA) is 9.23 Å². The Bertz CT molecular complexity index is 766. The Morgan fingerprint density at radius 2 is 1.31 bits per heavy atom. The standard InChI is InChI=1S/C30H44F4O/c1-2-3-4-5-20-6-8-21(9-7-20)10-11-22-12-13-24-17-25(15-14-23(24)16-22)26-18-27(31)29(28(32)19-26)35-30(33)34/h18-25,30H,2-17H2,1H3. The van der Waals surface area contributed by atoms with Gasteiger partial charge in [-0.05, 0) is 85.3 Å². The molecule has 3 saturated carbocycles. The third kappa shape index (κ3) is 7.38. The highest BCUT2D eigenvalue weighted by Gasteiger charge is 2.36. The maximum atomic E-state index is 14.2. The van der Waals surface area contributed by atoms with Crippen molar-refractivity contribution in [3.8, 4) is 5.75 Å². The molecule has 0 spiro atoms. The number of halogens is 4. The molecule has 0 heterocycles. The number of benzene rings is 1. The third-order valence-electron chi connectivity index (χ3n) is 9.59. The van der Waals surface area contributed by atoms with Crippen LogP contribution in [-0.4, -0.2) is 6.61 Å². The monoisotopic (exact) mass is 496 g/mol. The van der Waals surface area contributed by atoms with E-state index in [9.17, 15) is 17.6 Å². The van der Waals surface area contributed by atoms with Crippen LogP contribution in [0.3, 0.4) is 0 Å². The molecule has 0 amide bonds. The molecule has 3 aliphatic rings. The number of ether oxygens (including phenoxy) is 1. The van der Waals surface area contributed by atoms with Gasteiger partial charge in [0.05, 0.1) is 0 Å². The lowest BCUT2D eigenvalue weighted by Gasteiger charge is -2.43. The normalized spacial score (nSPS) is 31.4. The van der Waals surface area contributed by atoms with Gasteiger partial charge in [0, 0.05) is 0 Å². The van der Waals surface area contributed by atoms with Crippen LogP contribution in [0.1, 0.15) is 121 Å². The van der Waals surface area contributed by atoms with E-state index >= 15 is 0 Å². The average Bonchev–Trinajstić information content (AvgIpc) is 2.85. The minimum atomic E-state index is -3.24. The molecule has 198 valence electrons. The summed E-state index contributed by atoms with van der Waals surface area (Å²) < 4.78 is 57.4. The second-order valence-corrected chi connectivity index (χ2v) is 11.9. The first-order valence-corrected chi connectivity index (χ1v) is 14.4. The first-order valence-electron chi connectivity index (χ1n) is 14.4. The van der Waals surface area contributed by atoms with E-state index in [4.69, 9.17) is 0 Å². The van der Waals surface area contributed by atoms with E-state index in [1.165, 1.54) is 95.6 Å². The number of fused-ring (bicyclic) bond motifs is 1. The number of unbranched alkanes of at least 4 members (excludes halogenated alkanes) is 2. The van der Waals surface area contributed by atoms with Crippen molar-refractivity contribution in [1.82, 2.24) is 0 Å². The second kappa shape index (κ2) is 12.8. The Labute approximate surface area is 209 Å². The van der Waals surface area contributed by atoms with E-state index in [0.717, 1.165) is 42.9 Å². The highest BCUT2D eigenvalue weighted by Crippen LogP contribution is 2.49. The summed E-state index contributed by atoms with van der Waals surface area (Å²) in [6, 6.07) is 2.41. The zero-order valence-corrected chi connectivity index (χ0v) is 21.4. The van der Waals surface area contributed by atoms with Crippen molar-refractivity contribution in [3.05, 3.63) is 29.3 Å². The van der Waals surface area contributed by atoms with Crippen molar-refractivity contribution in [2.24, 2.45) is 29.6 Å². The predicted molar refractivity (Wildman–Crippen MR) is 133 cm³/mol. The molecule has 0 N–H and O–H groups in total. The van der Waals surface area contributed by atoms with Gasteiger partial charge >= 0.3 is 6.61 Å².